The van der Waals surface area contributed by atoms with E-state index in [9.17, 15) is 9.59 Å². The van der Waals surface area contributed by atoms with Crippen molar-refractivity contribution in [2.24, 2.45) is 0 Å². The topological polar surface area (TPSA) is 78.5 Å². The zero-order valence-electron chi connectivity index (χ0n) is 19.7. The zero-order chi connectivity index (χ0) is 24.5. The fourth-order valence-electron chi connectivity index (χ4n) is 4.12. The second-order valence-corrected chi connectivity index (χ2v) is 9.38. The van der Waals surface area contributed by atoms with Gasteiger partial charge in [0.25, 0.3) is 5.56 Å². The van der Waals surface area contributed by atoms with E-state index in [1.54, 1.807) is 16.7 Å². The molecule has 0 aliphatic heterocycles. The zero-order valence-corrected chi connectivity index (χ0v) is 20.5. The second-order valence-electron chi connectivity index (χ2n) is 8.31. The summed E-state index contributed by atoms with van der Waals surface area (Å²) in [6.45, 7) is 5.90. The van der Waals surface area contributed by atoms with E-state index in [0.717, 1.165) is 22.3 Å². The maximum absolute atomic E-state index is 13.5. The Balaban J connectivity index is 1.53. The molecule has 2 aromatic heterocycles. The Morgan fingerprint density at radius 1 is 1.00 bits per heavy atom. The van der Waals surface area contributed by atoms with Crippen molar-refractivity contribution in [2.45, 2.75) is 25.9 Å². The predicted octanol–water partition coefficient (Wildman–Crippen LogP) is 5.02. The number of aromatic nitrogens is 4. The van der Waals surface area contributed by atoms with Crippen LogP contribution in [0.2, 0.25) is 0 Å². The van der Waals surface area contributed by atoms with Crippen LogP contribution < -0.4 is 10.3 Å². The van der Waals surface area contributed by atoms with E-state index in [1.165, 1.54) is 18.7 Å². The molecule has 0 unspecified atom stereocenters. The van der Waals surface area contributed by atoms with Gasteiger partial charge in [-0.25, -0.2) is 4.57 Å². The first-order chi connectivity index (χ1) is 17.0. The minimum atomic E-state index is -0.130. The minimum Gasteiger partial charge on any atom is -0.492 e. The molecule has 0 bridgehead atoms. The monoisotopic (exact) mass is 484 g/mol. The number of hydrogen-bond donors (Lipinski definition) is 0. The van der Waals surface area contributed by atoms with Gasteiger partial charge < -0.3 is 4.74 Å². The Morgan fingerprint density at radius 2 is 1.77 bits per heavy atom. The molecule has 0 atom stereocenters. The normalized spacial score (nSPS) is 11.3. The van der Waals surface area contributed by atoms with E-state index < -0.39 is 0 Å². The van der Waals surface area contributed by atoms with Crippen LogP contribution in [0.15, 0.2) is 76.7 Å². The largest absolute Gasteiger partial charge is 0.492 e. The van der Waals surface area contributed by atoms with Gasteiger partial charge in [0.1, 0.15) is 5.75 Å². The van der Waals surface area contributed by atoms with Gasteiger partial charge in [0.15, 0.2) is 10.9 Å². The van der Waals surface area contributed by atoms with Crippen LogP contribution in [0.5, 0.6) is 5.75 Å². The van der Waals surface area contributed by atoms with Crippen LogP contribution in [-0.4, -0.2) is 37.3 Å². The molecule has 0 saturated carbocycles. The maximum Gasteiger partial charge on any atom is 0.267 e. The quantitative estimate of drug-likeness (QED) is 0.183. The molecule has 176 valence electrons. The first-order valence-corrected chi connectivity index (χ1v) is 12.3. The Kier molecular flexibility index (Phi) is 6.13. The van der Waals surface area contributed by atoms with Crippen LogP contribution in [0.1, 0.15) is 28.4 Å². The Labute approximate surface area is 206 Å². The SMILES string of the molecule is CC(=O)c1ccccc1OCCSc1nnc2n(-c3cc(C)ccc3C)c(=O)c3ccccc3n12. The number of rotatable bonds is 7. The summed E-state index contributed by atoms with van der Waals surface area (Å²) in [7, 11) is 0. The summed E-state index contributed by atoms with van der Waals surface area (Å²) < 4.78 is 9.45. The third kappa shape index (κ3) is 4.21. The summed E-state index contributed by atoms with van der Waals surface area (Å²) in [6, 6.07) is 20.7. The molecule has 0 aliphatic carbocycles. The number of aryl methyl sites for hydroxylation is 2. The maximum atomic E-state index is 13.5. The van der Waals surface area contributed by atoms with Gasteiger partial charge in [-0.05, 0) is 62.2 Å². The molecule has 5 rings (SSSR count). The molecule has 0 radical (unpaired) electrons. The highest BCUT2D eigenvalue weighted by atomic mass is 32.2. The first-order valence-electron chi connectivity index (χ1n) is 11.3. The van der Waals surface area contributed by atoms with E-state index in [0.29, 0.717) is 40.0 Å². The molecule has 8 heteroatoms. The lowest BCUT2D eigenvalue weighted by Crippen LogP contribution is -2.22. The molecule has 0 amide bonds. The van der Waals surface area contributed by atoms with Crippen molar-refractivity contribution in [2.75, 3.05) is 12.4 Å². The van der Waals surface area contributed by atoms with Crippen molar-refractivity contribution in [3.63, 3.8) is 0 Å². The van der Waals surface area contributed by atoms with E-state index in [-0.39, 0.29) is 11.3 Å². The molecule has 0 aliphatic rings. The predicted molar refractivity (Wildman–Crippen MR) is 138 cm³/mol. The van der Waals surface area contributed by atoms with E-state index in [1.807, 2.05) is 72.8 Å². The van der Waals surface area contributed by atoms with Crippen molar-refractivity contribution in [3.05, 3.63) is 93.8 Å². The average Bonchev–Trinajstić information content (AvgIpc) is 3.28. The van der Waals surface area contributed by atoms with Gasteiger partial charge in [0.2, 0.25) is 5.78 Å². The highest BCUT2D eigenvalue weighted by Gasteiger charge is 2.19. The third-order valence-corrected chi connectivity index (χ3v) is 6.73. The van der Waals surface area contributed by atoms with Crippen LogP contribution in [0.3, 0.4) is 0 Å². The lowest BCUT2D eigenvalue weighted by atomic mass is 10.1. The average molecular weight is 485 g/mol. The third-order valence-electron chi connectivity index (χ3n) is 5.84. The van der Waals surface area contributed by atoms with Crippen molar-refractivity contribution in [1.82, 2.24) is 19.2 Å². The summed E-state index contributed by atoms with van der Waals surface area (Å²) in [4.78, 5) is 25.4. The number of fused-ring (bicyclic) bond motifs is 3. The number of benzene rings is 3. The number of ketones is 1. The summed E-state index contributed by atoms with van der Waals surface area (Å²) in [5.74, 6) is 1.59. The van der Waals surface area contributed by atoms with Gasteiger partial charge in [0.05, 0.1) is 28.8 Å². The lowest BCUT2D eigenvalue weighted by molar-refractivity contribution is 0.101. The standard InChI is InChI=1S/C27H24N4O3S/c1-17-12-13-18(2)23(16-17)30-25(33)21-9-4-6-10-22(21)31-26(30)28-29-27(31)35-15-14-34-24-11-7-5-8-20(24)19(3)32/h4-13,16H,14-15H2,1-3H3. The Morgan fingerprint density at radius 3 is 2.60 bits per heavy atom. The Hall–Kier alpha value is -3.91. The lowest BCUT2D eigenvalue weighted by Gasteiger charge is -2.14. The number of thioether (sulfide) groups is 1. The number of carbonyl (C=O) groups excluding carboxylic acids is 1. The fraction of sp³-hybridized carbons (Fsp3) is 0.185. The number of carbonyl (C=O) groups is 1. The van der Waals surface area contributed by atoms with Crippen LogP contribution in [-0.2, 0) is 0 Å². The van der Waals surface area contributed by atoms with Crippen molar-refractivity contribution in [1.29, 1.82) is 0 Å². The molecular formula is C27H24N4O3S. The van der Waals surface area contributed by atoms with Crippen LogP contribution in [0, 0.1) is 13.8 Å². The van der Waals surface area contributed by atoms with Gasteiger partial charge in [-0.1, -0.05) is 48.2 Å². The first kappa shape index (κ1) is 22.9. The molecule has 7 nitrogen and oxygen atoms in total. The Bertz CT molecular complexity index is 1640. The molecular weight excluding hydrogens is 460 g/mol. The van der Waals surface area contributed by atoms with Crippen LogP contribution >= 0.6 is 11.8 Å². The van der Waals surface area contributed by atoms with Crippen molar-refractivity contribution >= 4 is 34.2 Å². The number of ether oxygens (including phenoxy) is 1. The van der Waals surface area contributed by atoms with E-state index >= 15 is 0 Å². The summed E-state index contributed by atoms with van der Waals surface area (Å²) in [6.07, 6.45) is 0. The van der Waals surface area contributed by atoms with Crippen molar-refractivity contribution < 1.29 is 9.53 Å². The minimum absolute atomic E-state index is 0.0346. The summed E-state index contributed by atoms with van der Waals surface area (Å²) in [5.41, 5.74) is 4.01. The van der Waals surface area contributed by atoms with Gasteiger partial charge in [-0.15, -0.1) is 10.2 Å². The smallest absolute Gasteiger partial charge is 0.267 e. The van der Waals surface area contributed by atoms with Crippen LogP contribution in [0.25, 0.3) is 22.4 Å². The molecule has 2 heterocycles. The molecule has 0 saturated heterocycles. The van der Waals surface area contributed by atoms with Gasteiger partial charge in [-0.2, -0.15) is 0 Å². The fourth-order valence-corrected chi connectivity index (χ4v) is 4.87. The van der Waals surface area contributed by atoms with Crippen molar-refractivity contribution in [3.8, 4) is 11.4 Å². The molecule has 35 heavy (non-hydrogen) atoms. The summed E-state index contributed by atoms with van der Waals surface area (Å²) >= 11 is 1.49. The molecule has 0 fully saturated rings. The highest BCUT2D eigenvalue weighted by molar-refractivity contribution is 7.99. The van der Waals surface area contributed by atoms with Gasteiger partial charge in [0, 0.05) is 5.75 Å². The molecule has 3 aromatic carbocycles. The molecule has 0 spiro atoms. The number of hydrogen-bond acceptors (Lipinski definition) is 6. The summed E-state index contributed by atoms with van der Waals surface area (Å²) in [5, 5.41) is 10.1. The van der Waals surface area contributed by atoms with Crippen LogP contribution in [0.4, 0.5) is 0 Å². The number of nitrogens with zero attached hydrogens (tertiary/aromatic N) is 4. The van der Waals surface area contributed by atoms with E-state index in [4.69, 9.17) is 4.74 Å². The van der Waals surface area contributed by atoms with E-state index in [2.05, 4.69) is 10.2 Å². The highest BCUT2D eigenvalue weighted by Crippen LogP contribution is 2.25. The molecule has 0 N–H and O–H groups in total. The molecule has 5 aromatic rings. The second kappa shape index (κ2) is 9.38. The number of Topliss-reactive ketones (excluding diaryl/α,β-unsaturated/α-hetero) is 1. The van der Waals surface area contributed by atoms with Gasteiger partial charge >= 0.3 is 0 Å². The van der Waals surface area contributed by atoms with Gasteiger partial charge in [-0.3, -0.25) is 14.0 Å². The number of para-hydroxylation sites is 2.